The predicted molar refractivity (Wildman–Crippen MR) is 95.3 cm³/mol. The molecule has 1 heterocycles. The van der Waals surface area contributed by atoms with Crippen molar-refractivity contribution in [3.63, 3.8) is 0 Å². The Bertz CT molecular complexity index is 1070. The molecule has 2 aromatic carbocycles. The Morgan fingerprint density at radius 3 is 2.39 bits per heavy atom. The third kappa shape index (κ3) is 3.24. The molecule has 0 spiro atoms. The summed E-state index contributed by atoms with van der Waals surface area (Å²) in [6.07, 6.45) is -4.52. The van der Waals surface area contributed by atoms with E-state index in [4.69, 9.17) is 10.5 Å². The summed E-state index contributed by atoms with van der Waals surface area (Å²) in [5.41, 5.74) is 5.39. The molecular formula is C18H14F3N3O4. The molecule has 0 radical (unpaired) electrons. The summed E-state index contributed by atoms with van der Waals surface area (Å²) in [5, 5.41) is 11.4. The monoisotopic (exact) mass is 393 g/mol. The van der Waals surface area contributed by atoms with Crippen LogP contribution in [-0.2, 0) is 10.9 Å². The van der Waals surface area contributed by atoms with E-state index < -0.39 is 22.6 Å². The van der Waals surface area contributed by atoms with E-state index in [1.54, 1.807) is 6.92 Å². The van der Waals surface area contributed by atoms with E-state index >= 15 is 0 Å². The summed E-state index contributed by atoms with van der Waals surface area (Å²) in [7, 11) is 0. The molecular weight excluding hydrogens is 379 g/mol. The standard InChI is InChI=1S/C18H14F3N3O4/c1-2-28-17(25)15-13-8-7-12(24(26)27)9-14(13)23(16(15)22)11-5-3-10(4-6-11)18(19,20)21/h3-9H,2,22H2,1H3. The summed E-state index contributed by atoms with van der Waals surface area (Å²) in [6.45, 7) is 1.69. The Morgan fingerprint density at radius 2 is 1.86 bits per heavy atom. The van der Waals surface area contributed by atoms with Gasteiger partial charge in [-0.2, -0.15) is 13.2 Å². The lowest BCUT2D eigenvalue weighted by molar-refractivity contribution is -0.384. The summed E-state index contributed by atoms with van der Waals surface area (Å²) < 4.78 is 44.7. The molecule has 146 valence electrons. The molecule has 2 N–H and O–H groups in total. The first-order chi connectivity index (χ1) is 13.1. The van der Waals surface area contributed by atoms with Gasteiger partial charge in [-0.25, -0.2) is 4.79 Å². The highest BCUT2D eigenvalue weighted by molar-refractivity contribution is 6.10. The number of non-ortho nitro benzene ring substituents is 1. The quantitative estimate of drug-likeness (QED) is 0.404. The molecule has 0 aliphatic carbocycles. The van der Waals surface area contributed by atoms with Gasteiger partial charge < -0.3 is 10.5 Å². The minimum Gasteiger partial charge on any atom is -0.462 e. The average Bonchev–Trinajstić information content (AvgIpc) is 2.92. The van der Waals surface area contributed by atoms with Crippen molar-refractivity contribution in [1.29, 1.82) is 0 Å². The molecule has 0 fully saturated rings. The number of hydrogen-bond acceptors (Lipinski definition) is 5. The molecule has 1 aromatic heterocycles. The topological polar surface area (TPSA) is 100 Å². The van der Waals surface area contributed by atoms with Gasteiger partial charge in [-0.1, -0.05) is 0 Å². The van der Waals surface area contributed by atoms with E-state index in [-0.39, 0.29) is 34.9 Å². The second kappa shape index (κ2) is 6.87. The fourth-order valence-corrected chi connectivity index (χ4v) is 2.90. The number of ether oxygens (including phenoxy) is 1. The molecule has 0 aliphatic heterocycles. The number of rotatable bonds is 4. The number of carbonyl (C=O) groups is 1. The minimum atomic E-state index is -4.52. The molecule has 0 amide bonds. The number of hydrogen-bond donors (Lipinski definition) is 1. The first-order valence-corrected chi connectivity index (χ1v) is 8.08. The van der Waals surface area contributed by atoms with Crippen molar-refractivity contribution in [2.45, 2.75) is 13.1 Å². The Morgan fingerprint density at radius 1 is 1.21 bits per heavy atom. The molecule has 0 bridgehead atoms. The van der Waals surface area contributed by atoms with Crippen molar-refractivity contribution < 1.29 is 27.6 Å². The lowest BCUT2D eigenvalue weighted by Gasteiger charge is -2.11. The number of nitro groups is 1. The summed E-state index contributed by atoms with van der Waals surface area (Å²) in [5.74, 6) is -0.821. The number of nitrogen functional groups attached to an aromatic ring is 1. The van der Waals surface area contributed by atoms with Gasteiger partial charge in [0.1, 0.15) is 11.4 Å². The SMILES string of the molecule is CCOC(=O)c1c(N)n(-c2ccc(C(F)(F)F)cc2)c2cc([N+](=O)[O-])ccc12. The number of fused-ring (bicyclic) bond motifs is 1. The lowest BCUT2D eigenvalue weighted by Crippen LogP contribution is -2.09. The van der Waals surface area contributed by atoms with Gasteiger partial charge in [-0.3, -0.25) is 14.7 Å². The van der Waals surface area contributed by atoms with Crippen LogP contribution in [0.2, 0.25) is 0 Å². The van der Waals surface area contributed by atoms with Crippen LogP contribution in [0.15, 0.2) is 42.5 Å². The van der Waals surface area contributed by atoms with Crippen LogP contribution >= 0.6 is 0 Å². The zero-order valence-corrected chi connectivity index (χ0v) is 14.5. The first kappa shape index (κ1) is 19.2. The number of aromatic nitrogens is 1. The van der Waals surface area contributed by atoms with Gasteiger partial charge in [-0.05, 0) is 37.3 Å². The number of alkyl halides is 3. The third-order valence-electron chi connectivity index (χ3n) is 4.13. The van der Waals surface area contributed by atoms with E-state index in [1.807, 2.05) is 0 Å². The van der Waals surface area contributed by atoms with Gasteiger partial charge in [0.05, 0.1) is 22.6 Å². The predicted octanol–water partition coefficient (Wildman–Crippen LogP) is 4.32. The number of halogens is 3. The maximum atomic E-state index is 12.8. The van der Waals surface area contributed by atoms with Crippen LogP contribution in [0.1, 0.15) is 22.8 Å². The van der Waals surface area contributed by atoms with Crippen LogP contribution in [0, 0.1) is 10.1 Å². The van der Waals surface area contributed by atoms with Crippen LogP contribution in [0.25, 0.3) is 16.6 Å². The maximum absolute atomic E-state index is 12.8. The van der Waals surface area contributed by atoms with E-state index in [1.165, 1.54) is 34.9 Å². The van der Waals surface area contributed by atoms with E-state index in [2.05, 4.69) is 0 Å². The van der Waals surface area contributed by atoms with Gasteiger partial charge in [0.15, 0.2) is 0 Å². The Balaban J connectivity index is 2.28. The third-order valence-corrected chi connectivity index (χ3v) is 4.13. The van der Waals surface area contributed by atoms with Crippen LogP contribution in [-0.4, -0.2) is 22.1 Å². The van der Waals surface area contributed by atoms with Crippen molar-refractivity contribution in [1.82, 2.24) is 4.57 Å². The van der Waals surface area contributed by atoms with Crippen molar-refractivity contribution in [2.75, 3.05) is 12.3 Å². The zero-order chi connectivity index (χ0) is 20.6. The van der Waals surface area contributed by atoms with Crippen LogP contribution in [0.5, 0.6) is 0 Å². The Kier molecular flexibility index (Phi) is 4.72. The summed E-state index contributed by atoms with van der Waals surface area (Å²) >= 11 is 0. The molecule has 3 aromatic rings. The first-order valence-electron chi connectivity index (χ1n) is 8.08. The summed E-state index contributed by atoms with van der Waals surface area (Å²) in [4.78, 5) is 22.8. The van der Waals surface area contributed by atoms with Gasteiger partial charge in [0.25, 0.3) is 5.69 Å². The largest absolute Gasteiger partial charge is 0.462 e. The minimum absolute atomic E-state index is 0.00774. The van der Waals surface area contributed by atoms with Crippen molar-refractivity contribution in [3.05, 3.63) is 63.7 Å². The molecule has 0 saturated carbocycles. The van der Waals surface area contributed by atoms with Crippen molar-refractivity contribution >= 4 is 28.4 Å². The van der Waals surface area contributed by atoms with Gasteiger partial charge >= 0.3 is 12.1 Å². The van der Waals surface area contributed by atoms with Crippen LogP contribution in [0.3, 0.4) is 0 Å². The molecule has 0 aliphatic rings. The van der Waals surface area contributed by atoms with Crippen molar-refractivity contribution in [3.8, 4) is 5.69 Å². The fourth-order valence-electron chi connectivity index (χ4n) is 2.90. The Labute approximate surface area is 156 Å². The number of nitrogens with two attached hydrogens (primary N) is 1. The maximum Gasteiger partial charge on any atom is 0.416 e. The van der Waals surface area contributed by atoms with Crippen LogP contribution < -0.4 is 5.73 Å². The number of anilines is 1. The molecule has 3 rings (SSSR count). The highest BCUT2D eigenvalue weighted by Gasteiger charge is 2.30. The van der Waals surface area contributed by atoms with E-state index in [0.717, 1.165) is 12.1 Å². The van der Waals surface area contributed by atoms with Crippen molar-refractivity contribution in [2.24, 2.45) is 0 Å². The van der Waals surface area contributed by atoms with E-state index in [9.17, 15) is 28.1 Å². The molecule has 0 atom stereocenters. The Hall–Kier alpha value is -3.56. The summed E-state index contributed by atoms with van der Waals surface area (Å²) in [6, 6.07) is 7.84. The smallest absolute Gasteiger partial charge is 0.416 e. The molecule has 28 heavy (non-hydrogen) atoms. The fraction of sp³-hybridized carbons (Fsp3) is 0.167. The highest BCUT2D eigenvalue weighted by Crippen LogP contribution is 2.35. The molecule has 10 heteroatoms. The van der Waals surface area contributed by atoms with Gasteiger partial charge in [-0.15, -0.1) is 0 Å². The van der Waals surface area contributed by atoms with Gasteiger partial charge in [0.2, 0.25) is 0 Å². The lowest BCUT2D eigenvalue weighted by atomic mass is 10.1. The molecule has 0 saturated heterocycles. The number of nitro benzene ring substituents is 1. The number of carbonyl (C=O) groups excluding carboxylic acids is 1. The second-order valence-corrected chi connectivity index (χ2v) is 5.82. The van der Waals surface area contributed by atoms with Crippen LogP contribution in [0.4, 0.5) is 24.7 Å². The number of nitrogens with zero attached hydrogens (tertiary/aromatic N) is 2. The number of benzene rings is 2. The molecule has 7 nitrogen and oxygen atoms in total. The van der Waals surface area contributed by atoms with Gasteiger partial charge in [0, 0.05) is 23.2 Å². The average molecular weight is 393 g/mol. The normalized spacial score (nSPS) is 11.6. The highest BCUT2D eigenvalue weighted by atomic mass is 19.4. The number of esters is 1. The second-order valence-electron chi connectivity index (χ2n) is 5.82. The van der Waals surface area contributed by atoms with E-state index in [0.29, 0.717) is 5.39 Å². The zero-order valence-electron chi connectivity index (χ0n) is 14.5. The molecule has 0 unspecified atom stereocenters.